The van der Waals surface area contributed by atoms with Gasteiger partial charge in [0.15, 0.2) is 23.1 Å². The fourth-order valence-corrected chi connectivity index (χ4v) is 3.12. The van der Waals surface area contributed by atoms with Crippen LogP contribution in [0.5, 0.6) is 17.2 Å². The fraction of sp³-hybridized carbons (Fsp3) is 0.143. The molecule has 4 aromatic rings. The number of benzene rings is 2. The lowest BCUT2D eigenvalue weighted by Crippen LogP contribution is -2.13. The van der Waals surface area contributed by atoms with Crippen LogP contribution in [0.25, 0.3) is 22.2 Å². The second-order valence-corrected chi connectivity index (χ2v) is 6.59. The molecule has 2 heterocycles. The van der Waals surface area contributed by atoms with Crippen LogP contribution in [0.1, 0.15) is 11.5 Å². The largest absolute Gasteiger partial charge is 0.504 e. The summed E-state index contributed by atoms with van der Waals surface area (Å²) in [5, 5.41) is 10.2. The predicted octanol–water partition coefficient (Wildman–Crippen LogP) is 2.97. The van der Waals surface area contributed by atoms with Crippen molar-refractivity contribution in [3.63, 3.8) is 0 Å². The molecule has 31 heavy (non-hydrogen) atoms. The zero-order valence-electron chi connectivity index (χ0n) is 16.4. The zero-order chi connectivity index (χ0) is 22.1. The Bertz CT molecular complexity index is 1340. The van der Waals surface area contributed by atoms with E-state index in [-0.39, 0.29) is 23.2 Å². The fourth-order valence-electron chi connectivity index (χ4n) is 3.12. The third kappa shape index (κ3) is 3.87. The highest BCUT2D eigenvalue weighted by Crippen LogP contribution is 2.31. The average Bonchev–Trinajstić information content (AvgIpc) is 2.76. The molecule has 0 bridgehead atoms. The number of nitrogens with one attached hydrogen (secondary N) is 1. The van der Waals surface area contributed by atoms with E-state index in [1.54, 1.807) is 12.1 Å². The smallest absolute Gasteiger partial charge is 0.258 e. The number of hydrogen-bond acceptors (Lipinski definition) is 7. The summed E-state index contributed by atoms with van der Waals surface area (Å²) in [6.07, 6.45) is 2.79. The van der Waals surface area contributed by atoms with E-state index < -0.39 is 17.4 Å². The Morgan fingerprint density at radius 1 is 1.03 bits per heavy atom. The Balaban J connectivity index is 1.66. The van der Waals surface area contributed by atoms with E-state index in [1.165, 1.54) is 26.6 Å². The highest BCUT2D eigenvalue weighted by atomic mass is 19.1. The predicted molar refractivity (Wildman–Crippen MR) is 107 cm³/mol. The monoisotopic (exact) mass is 426 g/mol. The Hall–Kier alpha value is -4.08. The Kier molecular flexibility index (Phi) is 5.20. The molecule has 10 heteroatoms. The van der Waals surface area contributed by atoms with Gasteiger partial charge < -0.3 is 19.6 Å². The molecule has 0 radical (unpaired) electrons. The van der Waals surface area contributed by atoms with Gasteiger partial charge in [0.2, 0.25) is 0 Å². The van der Waals surface area contributed by atoms with Crippen molar-refractivity contribution in [1.29, 1.82) is 0 Å². The molecule has 2 aromatic carbocycles. The summed E-state index contributed by atoms with van der Waals surface area (Å²) in [7, 11) is 2.96. The first-order valence-electron chi connectivity index (χ1n) is 9.04. The van der Waals surface area contributed by atoms with E-state index in [9.17, 15) is 18.7 Å². The molecular formula is C21H16F2N4O4. The number of rotatable bonds is 5. The van der Waals surface area contributed by atoms with E-state index in [4.69, 9.17) is 9.47 Å². The number of aromatic hydroxyl groups is 1. The quantitative estimate of drug-likeness (QED) is 0.505. The topological polar surface area (TPSA) is 110 Å². The standard InChI is InChI=1S/C21H16F2N4O4/c1-30-17-6-13-15(7-18(17)31-2)26-19(27-21(13)29)5-11-8-25-16(9-24-11)12-3-10(22)4-14(23)20(12)28/h3-4,6-9,28H,5H2,1-2H3,(H,26,27,29). The lowest BCUT2D eigenvalue weighted by atomic mass is 10.1. The van der Waals surface area contributed by atoms with Crippen LogP contribution in [-0.2, 0) is 6.42 Å². The van der Waals surface area contributed by atoms with E-state index >= 15 is 0 Å². The molecule has 0 aliphatic rings. The molecular weight excluding hydrogens is 410 g/mol. The van der Waals surface area contributed by atoms with Crippen molar-refractivity contribution in [1.82, 2.24) is 19.9 Å². The number of nitrogens with zero attached hydrogens (tertiary/aromatic N) is 3. The number of H-pyrrole nitrogens is 1. The summed E-state index contributed by atoms with van der Waals surface area (Å²) in [5.41, 5.74) is 0.487. The van der Waals surface area contributed by atoms with Crippen molar-refractivity contribution in [3.8, 4) is 28.5 Å². The summed E-state index contributed by atoms with van der Waals surface area (Å²) in [6.45, 7) is 0. The normalized spacial score (nSPS) is 11.0. The first kappa shape index (κ1) is 20.2. The number of phenols is 1. The maximum Gasteiger partial charge on any atom is 0.258 e. The lowest BCUT2D eigenvalue weighted by molar-refractivity contribution is 0.355. The summed E-state index contributed by atoms with van der Waals surface area (Å²) in [4.78, 5) is 27.9. The summed E-state index contributed by atoms with van der Waals surface area (Å²) >= 11 is 0. The number of aromatic nitrogens is 4. The zero-order valence-corrected chi connectivity index (χ0v) is 16.4. The lowest BCUT2D eigenvalue weighted by Gasteiger charge is -2.09. The Morgan fingerprint density at radius 2 is 1.77 bits per heavy atom. The first-order valence-corrected chi connectivity index (χ1v) is 9.04. The van der Waals surface area contributed by atoms with Gasteiger partial charge in [-0.15, -0.1) is 0 Å². The Morgan fingerprint density at radius 3 is 2.45 bits per heavy atom. The van der Waals surface area contributed by atoms with E-state index in [0.717, 1.165) is 6.07 Å². The van der Waals surface area contributed by atoms with Gasteiger partial charge in [-0.1, -0.05) is 0 Å². The number of halogens is 2. The highest BCUT2D eigenvalue weighted by Gasteiger charge is 2.15. The van der Waals surface area contributed by atoms with Gasteiger partial charge in [-0.3, -0.25) is 14.8 Å². The van der Waals surface area contributed by atoms with Crippen LogP contribution in [0.15, 0.2) is 41.5 Å². The van der Waals surface area contributed by atoms with Gasteiger partial charge in [0.25, 0.3) is 5.56 Å². The van der Waals surface area contributed by atoms with Gasteiger partial charge in [0, 0.05) is 30.3 Å². The maximum atomic E-state index is 13.6. The summed E-state index contributed by atoms with van der Waals surface area (Å²) in [6, 6.07) is 4.69. The Labute approximate surface area is 174 Å². The first-order chi connectivity index (χ1) is 14.9. The molecule has 8 nitrogen and oxygen atoms in total. The van der Waals surface area contributed by atoms with Gasteiger partial charge in [0.05, 0.1) is 42.7 Å². The van der Waals surface area contributed by atoms with Crippen molar-refractivity contribution in [2.75, 3.05) is 14.2 Å². The second kappa shape index (κ2) is 7.98. The minimum absolute atomic E-state index is 0.0939. The van der Waals surface area contributed by atoms with Crippen molar-refractivity contribution >= 4 is 10.9 Å². The molecule has 2 N–H and O–H groups in total. The van der Waals surface area contributed by atoms with Gasteiger partial charge in [-0.25, -0.2) is 13.8 Å². The van der Waals surface area contributed by atoms with Crippen molar-refractivity contribution < 1.29 is 23.4 Å². The highest BCUT2D eigenvalue weighted by molar-refractivity contribution is 5.81. The van der Waals surface area contributed by atoms with Crippen LogP contribution in [0.4, 0.5) is 8.78 Å². The van der Waals surface area contributed by atoms with Gasteiger partial charge >= 0.3 is 0 Å². The van der Waals surface area contributed by atoms with Crippen LogP contribution in [0.3, 0.4) is 0 Å². The van der Waals surface area contributed by atoms with Crippen LogP contribution >= 0.6 is 0 Å². The SMILES string of the molecule is COc1cc2nc(Cc3cnc(-c4cc(F)cc(F)c4O)cn3)[nH]c(=O)c2cc1OC. The molecule has 158 valence electrons. The molecule has 0 fully saturated rings. The third-order valence-corrected chi connectivity index (χ3v) is 4.62. The third-order valence-electron chi connectivity index (χ3n) is 4.62. The molecule has 0 amide bonds. The molecule has 0 spiro atoms. The molecule has 0 atom stereocenters. The van der Waals surface area contributed by atoms with Crippen molar-refractivity contribution in [3.05, 3.63) is 70.2 Å². The van der Waals surface area contributed by atoms with Crippen molar-refractivity contribution in [2.45, 2.75) is 6.42 Å². The second-order valence-electron chi connectivity index (χ2n) is 6.59. The van der Waals surface area contributed by atoms with Gasteiger partial charge in [-0.05, 0) is 12.1 Å². The molecule has 4 rings (SSSR count). The average molecular weight is 426 g/mol. The van der Waals surface area contributed by atoms with Crippen LogP contribution < -0.4 is 15.0 Å². The summed E-state index contributed by atoms with van der Waals surface area (Å²) in [5.74, 6) is -1.47. The molecule has 0 saturated heterocycles. The summed E-state index contributed by atoms with van der Waals surface area (Å²) < 4.78 is 37.5. The minimum atomic E-state index is -1.09. The molecule has 0 aliphatic heterocycles. The van der Waals surface area contributed by atoms with Gasteiger partial charge in [-0.2, -0.15) is 0 Å². The maximum absolute atomic E-state index is 13.6. The number of ether oxygens (including phenoxy) is 2. The molecule has 0 saturated carbocycles. The number of methoxy groups -OCH3 is 2. The van der Waals surface area contributed by atoms with E-state index in [0.29, 0.717) is 40.0 Å². The number of fused-ring (bicyclic) bond motifs is 1. The number of phenolic OH excluding ortho intramolecular Hbond substituents is 1. The minimum Gasteiger partial charge on any atom is -0.504 e. The number of aromatic amines is 1. The molecule has 0 aliphatic carbocycles. The van der Waals surface area contributed by atoms with Crippen LogP contribution in [0.2, 0.25) is 0 Å². The molecule has 2 aromatic heterocycles. The van der Waals surface area contributed by atoms with Crippen LogP contribution in [0, 0.1) is 11.6 Å². The van der Waals surface area contributed by atoms with E-state index in [2.05, 4.69) is 19.9 Å². The van der Waals surface area contributed by atoms with E-state index in [1.807, 2.05) is 0 Å². The van der Waals surface area contributed by atoms with Gasteiger partial charge in [0.1, 0.15) is 11.6 Å². The molecule has 0 unspecified atom stereocenters. The van der Waals surface area contributed by atoms with Crippen molar-refractivity contribution in [2.24, 2.45) is 0 Å². The number of hydrogen-bond donors (Lipinski definition) is 2. The van der Waals surface area contributed by atoms with Crippen LogP contribution in [-0.4, -0.2) is 39.3 Å².